The van der Waals surface area contributed by atoms with Crippen LogP contribution in [0.3, 0.4) is 0 Å². The number of thiophene rings is 1. The second-order valence-corrected chi connectivity index (χ2v) is 21.0. The number of nitrogens with one attached hydrogen (secondary N) is 1. The average Bonchev–Trinajstić information content (AvgIpc) is 4.01. The number of rotatable bonds is 3. The first-order chi connectivity index (χ1) is 30.4. The zero-order chi connectivity index (χ0) is 42.7. The fourth-order valence-electron chi connectivity index (χ4n) is 10.5. The van der Waals surface area contributed by atoms with Crippen LogP contribution in [0, 0.1) is 6.92 Å². The Morgan fingerprint density at radius 3 is 1.90 bits per heavy atom. The number of anilines is 2. The van der Waals surface area contributed by atoms with Gasteiger partial charge in [0, 0.05) is 86.7 Å². The summed E-state index contributed by atoms with van der Waals surface area (Å²) in [6.45, 7) is 16.0. The van der Waals surface area contributed by atoms with Crippen LogP contribution in [0.25, 0.3) is 103 Å². The highest BCUT2D eigenvalue weighted by Crippen LogP contribution is 2.46. The summed E-state index contributed by atoms with van der Waals surface area (Å²) in [5, 5.41) is 13.6. The van der Waals surface area contributed by atoms with E-state index in [2.05, 4.69) is 192 Å². The Hall–Kier alpha value is -6.76. The summed E-state index contributed by atoms with van der Waals surface area (Å²) in [6, 6.07) is 49.6. The van der Waals surface area contributed by atoms with Gasteiger partial charge >= 0.3 is 0 Å². The van der Waals surface area contributed by atoms with Crippen LogP contribution in [-0.4, -0.2) is 11.8 Å². The van der Waals surface area contributed by atoms with Gasteiger partial charge in [0.15, 0.2) is 7.28 Å². The Morgan fingerprint density at radius 1 is 0.540 bits per heavy atom. The van der Waals surface area contributed by atoms with E-state index in [0.29, 0.717) is 0 Å². The van der Waals surface area contributed by atoms with E-state index in [1.165, 1.54) is 80.9 Å². The van der Waals surface area contributed by atoms with Gasteiger partial charge in [-0.3, -0.25) is 0 Å². The lowest BCUT2D eigenvalue weighted by molar-refractivity contribution is 0.590. The number of fused-ring (bicyclic) bond motifs is 14. The summed E-state index contributed by atoms with van der Waals surface area (Å²) in [5.41, 5.74) is 18.5. The Kier molecular flexibility index (Phi) is 7.42. The van der Waals surface area contributed by atoms with E-state index in [1.807, 2.05) is 11.3 Å². The first kappa shape index (κ1) is 36.9. The highest BCUT2D eigenvalue weighted by Gasteiger charge is 2.30. The smallest absolute Gasteiger partial charge is 0.198 e. The van der Waals surface area contributed by atoms with E-state index in [0.717, 1.165) is 68.0 Å². The number of benzene rings is 8. The average molecular weight is 833 g/mol. The molecular weight excluding hydrogens is 788 g/mol. The van der Waals surface area contributed by atoms with Crippen LogP contribution >= 0.6 is 11.3 Å². The van der Waals surface area contributed by atoms with Crippen molar-refractivity contribution in [3.05, 3.63) is 150 Å². The lowest BCUT2D eigenvalue weighted by atomic mass is 9.58. The molecule has 0 spiro atoms. The number of aromatic nitrogens is 1. The third kappa shape index (κ3) is 5.40. The van der Waals surface area contributed by atoms with Gasteiger partial charge in [0.2, 0.25) is 0 Å². The number of furan rings is 2. The van der Waals surface area contributed by atoms with Crippen molar-refractivity contribution >= 4 is 127 Å². The lowest BCUT2D eigenvalue weighted by Gasteiger charge is -2.25. The molecule has 0 amide bonds. The van der Waals surface area contributed by atoms with Gasteiger partial charge in [0.25, 0.3) is 0 Å². The molecule has 0 unspecified atom stereocenters. The molecule has 0 aliphatic carbocycles. The fourth-order valence-corrected chi connectivity index (χ4v) is 11.7. The highest BCUT2D eigenvalue weighted by molar-refractivity contribution is 7.25. The molecular formula is C57H45BN2O2S. The number of para-hydroxylation sites is 2. The molecule has 0 fully saturated rings. The molecule has 6 heteroatoms. The van der Waals surface area contributed by atoms with Crippen LogP contribution in [0.4, 0.5) is 11.4 Å². The Morgan fingerprint density at radius 2 is 1.19 bits per heavy atom. The summed E-state index contributed by atoms with van der Waals surface area (Å²) in [5.74, 6) is 0. The van der Waals surface area contributed by atoms with Crippen molar-refractivity contribution in [2.24, 2.45) is 0 Å². The van der Waals surface area contributed by atoms with Crippen LogP contribution in [-0.2, 0) is 10.8 Å². The molecule has 1 aliphatic heterocycles. The van der Waals surface area contributed by atoms with Gasteiger partial charge in [-0.2, -0.15) is 0 Å². The van der Waals surface area contributed by atoms with E-state index in [4.69, 9.17) is 8.83 Å². The van der Waals surface area contributed by atoms with Crippen LogP contribution in [0.1, 0.15) is 58.2 Å². The monoisotopic (exact) mass is 832 g/mol. The SMILES string of the molecule is Cc1cc(-c2cc3c(cc2Nc2ccc(C(C)(C)C)cc2)sc2cc(C(C)(C)C)ccc23)c2c3c1c1cc4c(cc1n3-c1cc3c(cc1B2)oc1ccccc13)oc1ccccc14. The quantitative estimate of drug-likeness (QED) is 0.180. The van der Waals surface area contributed by atoms with E-state index in [1.54, 1.807) is 0 Å². The van der Waals surface area contributed by atoms with Gasteiger partial charge in [-0.05, 0) is 106 Å². The maximum atomic E-state index is 6.59. The minimum absolute atomic E-state index is 0.0649. The molecule has 4 aromatic heterocycles. The Balaban J connectivity index is 1.12. The predicted octanol–water partition coefficient (Wildman–Crippen LogP) is 15.0. The van der Waals surface area contributed by atoms with Crippen LogP contribution < -0.4 is 16.2 Å². The summed E-state index contributed by atoms with van der Waals surface area (Å²) in [7, 11) is 0.765. The summed E-state index contributed by atoms with van der Waals surface area (Å²) < 4.78 is 18.3. The molecule has 8 aromatic carbocycles. The highest BCUT2D eigenvalue weighted by atomic mass is 32.1. The van der Waals surface area contributed by atoms with Crippen molar-refractivity contribution in [3.8, 4) is 16.8 Å². The molecule has 12 aromatic rings. The first-order valence-electron chi connectivity index (χ1n) is 22.1. The topological polar surface area (TPSA) is 43.2 Å². The molecule has 0 atom stereocenters. The van der Waals surface area contributed by atoms with Crippen molar-refractivity contribution in [3.63, 3.8) is 0 Å². The number of hydrogen-bond donors (Lipinski definition) is 1. The predicted molar refractivity (Wildman–Crippen MR) is 272 cm³/mol. The third-order valence-corrected chi connectivity index (χ3v) is 14.9. The molecule has 0 radical (unpaired) electrons. The largest absolute Gasteiger partial charge is 0.456 e. The van der Waals surface area contributed by atoms with E-state index < -0.39 is 0 Å². The van der Waals surface area contributed by atoms with Crippen molar-refractivity contribution < 1.29 is 8.83 Å². The van der Waals surface area contributed by atoms with Gasteiger partial charge in [0.05, 0.1) is 5.52 Å². The zero-order valence-electron chi connectivity index (χ0n) is 36.6. The molecule has 13 rings (SSSR count). The van der Waals surface area contributed by atoms with E-state index in [-0.39, 0.29) is 10.8 Å². The number of hydrogen-bond acceptors (Lipinski definition) is 4. The van der Waals surface area contributed by atoms with Gasteiger partial charge in [-0.15, -0.1) is 11.3 Å². The van der Waals surface area contributed by atoms with Crippen molar-refractivity contribution in [2.75, 3.05) is 5.32 Å². The third-order valence-electron chi connectivity index (χ3n) is 13.8. The van der Waals surface area contributed by atoms with Crippen molar-refractivity contribution in [2.45, 2.75) is 59.3 Å². The Bertz CT molecular complexity index is 3940. The lowest BCUT2D eigenvalue weighted by Crippen LogP contribution is -2.37. The van der Waals surface area contributed by atoms with Gasteiger partial charge in [-0.1, -0.05) is 114 Å². The molecule has 0 saturated heterocycles. The standard InChI is InChI=1S/C57H45BN2O2S/c1-30-22-41(37-24-40-36-21-18-32(57(5,6)7)23-51(36)63-52(40)28-44(37)59-33-19-16-31(17-20-33)56(2,3)4)54-55-53(30)42-25-38-34-12-8-10-14-47(34)62-50(38)29-45(42)60(55)46-26-39-35-13-9-11-15-48(35)61-49(39)27-43(46)58-54/h8-29,58-59H,1-7H3. The minimum atomic E-state index is 0.0649. The fraction of sp³-hybridized carbons (Fsp3) is 0.158. The second kappa shape index (κ2) is 12.7. The minimum Gasteiger partial charge on any atom is -0.456 e. The van der Waals surface area contributed by atoms with Gasteiger partial charge in [0.1, 0.15) is 22.3 Å². The molecule has 5 heterocycles. The van der Waals surface area contributed by atoms with Crippen LogP contribution in [0.5, 0.6) is 0 Å². The number of nitrogens with zero attached hydrogens (tertiary/aromatic N) is 1. The van der Waals surface area contributed by atoms with E-state index >= 15 is 0 Å². The maximum absolute atomic E-state index is 6.59. The molecule has 4 nitrogen and oxygen atoms in total. The van der Waals surface area contributed by atoms with E-state index in [9.17, 15) is 0 Å². The molecule has 304 valence electrons. The molecule has 1 aliphatic rings. The second-order valence-electron chi connectivity index (χ2n) is 19.9. The van der Waals surface area contributed by atoms with Crippen LogP contribution in [0.2, 0.25) is 0 Å². The molecule has 63 heavy (non-hydrogen) atoms. The van der Waals surface area contributed by atoms with Crippen molar-refractivity contribution in [1.82, 2.24) is 4.57 Å². The maximum Gasteiger partial charge on any atom is 0.198 e. The summed E-state index contributed by atoms with van der Waals surface area (Å²) in [6.07, 6.45) is 0. The summed E-state index contributed by atoms with van der Waals surface area (Å²) in [4.78, 5) is 0. The number of aryl methyl sites for hydroxylation is 1. The van der Waals surface area contributed by atoms with Crippen molar-refractivity contribution in [1.29, 1.82) is 0 Å². The Labute approximate surface area is 370 Å². The van der Waals surface area contributed by atoms with Crippen LogP contribution in [0.15, 0.2) is 142 Å². The molecule has 0 bridgehead atoms. The zero-order valence-corrected chi connectivity index (χ0v) is 37.4. The van der Waals surface area contributed by atoms with Gasteiger partial charge in [-0.25, -0.2) is 0 Å². The normalized spacial score (nSPS) is 13.1. The van der Waals surface area contributed by atoms with Gasteiger partial charge < -0.3 is 18.7 Å². The molecule has 0 saturated carbocycles. The first-order valence-corrected chi connectivity index (χ1v) is 22.9. The summed E-state index contributed by atoms with van der Waals surface area (Å²) >= 11 is 1.89. The molecule has 1 N–H and O–H groups in total.